The van der Waals surface area contributed by atoms with Gasteiger partial charge in [0.1, 0.15) is 17.4 Å². The number of unbranched alkanes of at least 4 members (excludes halogenated alkanes) is 2. The summed E-state index contributed by atoms with van der Waals surface area (Å²) >= 11 is 0. The van der Waals surface area contributed by atoms with Crippen molar-refractivity contribution in [2.75, 3.05) is 13.2 Å². The first-order valence-corrected chi connectivity index (χ1v) is 12.5. The lowest BCUT2D eigenvalue weighted by Crippen LogP contribution is -2.53. The topological polar surface area (TPSA) is 72.8 Å². The van der Waals surface area contributed by atoms with Crippen LogP contribution in [0.1, 0.15) is 82.4 Å². The van der Waals surface area contributed by atoms with Gasteiger partial charge in [-0.25, -0.2) is 4.79 Å². The number of aliphatic carboxylic acids is 1. The summed E-state index contributed by atoms with van der Waals surface area (Å²) in [4.78, 5) is 24.6. The molecule has 5 nitrogen and oxygen atoms in total. The highest BCUT2D eigenvalue weighted by Gasteiger charge is 2.47. The molecule has 0 saturated carbocycles. The molecule has 0 radical (unpaired) electrons. The minimum absolute atomic E-state index is 0.128. The average Bonchev–Trinajstić information content (AvgIpc) is 2.85. The molecule has 1 aromatic rings. The molecular formula is C28H36O5. The lowest BCUT2D eigenvalue weighted by molar-refractivity contribution is -0.143. The van der Waals surface area contributed by atoms with Crippen LogP contribution in [0.4, 0.5) is 0 Å². The highest BCUT2D eigenvalue weighted by molar-refractivity contribution is 6.17. The number of carbonyl (C=O) groups is 2. The van der Waals surface area contributed by atoms with Gasteiger partial charge >= 0.3 is 5.97 Å². The van der Waals surface area contributed by atoms with Gasteiger partial charge in [0.15, 0.2) is 5.78 Å². The first-order chi connectivity index (χ1) is 15.9. The third kappa shape index (κ3) is 4.65. The van der Waals surface area contributed by atoms with Crippen molar-refractivity contribution in [2.24, 2.45) is 5.41 Å². The van der Waals surface area contributed by atoms with Crippen molar-refractivity contribution in [3.05, 3.63) is 46.0 Å². The Hall–Kier alpha value is -2.40. The Morgan fingerprint density at radius 2 is 1.88 bits per heavy atom. The Labute approximate surface area is 196 Å². The third-order valence-electron chi connectivity index (χ3n) is 7.34. The van der Waals surface area contributed by atoms with Crippen molar-refractivity contribution in [3.8, 4) is 5.75 Å². The van der Waals surface area contributed by atoms with Crippen LogP contribution in [0.3, 0.4) is 0 Å². The van der Waals surface area contributed by atoms with E-state index < -0.39 is 5.97 Å². The number of aryl methyl sites for hydroxylation is 2. The molecule has 0 spiro atoms. The van der Waals surface area contributed by atoms with Crippen LogP contribution in [0.15, 0.2) is 29.4 Å². The maximum absolute atomic E-state index is 12.7. The minimum atomic E-state index is -1.16. The highest BCUT2D eigenvalue weighted by Crippen LogP contribution is 2.48. The quantitative estimate of drug-likeness (QED) is 0.425. The number of benzene rings is 1. The van der Waals surface area contributed by atoms with Crippen LogP contribution in [0.5, 0.6) is 5.75 Å². The van der Waals surface area contributed by atoms with Crippen molar-refractivity contribution in [1.82, 2.24) is 0 Å². The van der Waals surface area contributed by atoms with Gasteiger partial charge in [-0.15, -0.1) is 0 Å². The maximum atomic E-state index is 12.7. The SMILES string of the molecule is CCCCCc1cc2c(cc1CC)C1=C(/C=C(/C(=O)O)C(=O)CCCC1)C(C1(C)COC1)O2. The number of Topliss-reactive ketones (excluding diaryl/α,β-unsaturated/α-hetero) is 1. The molecule has 2 aliphatic heterocycles. The average molecular weight is 453 g/mol. The van der Waals surface area contributed by atoms with Crippen LogP contribution >= 0.6 is 0 Å². The number of rotatable bonds is 7. The van der Waals surface area contributed by atoms with Gasteiger partial charge in [-0.2, -0.15) is 0 Å². The van der Waals surface area contributed by atoms with E-state index in [1.807, 2.05) is 0 Å². The van der Waals surface area contributed by atoms with Crippen LogP contribution in [-0.2, 0) is 27.2 Å². The fourth-order valence-electron chi connectivity index (χ4n) is 5.31. The van der Waals surface area contributed by atoms with Gasteiger partial charge in [0.05, 0.1) is 18.6 Å². The Balaban J connectivity index is 1.88. The number of carbonyl (C=O) groups excluding carboxylic acids is 1. The number of fused-ring (bicyclic) bond motifs is 2. The van der Waals surface area contributed by atoms with Crippen molar-refractivity contribution >= 4 is 17.3 Å². The minimum Gasteiger partial charge on any atom is -0.484 e. The molecule has 4 rings (SSSR count). The van der Waals surface area contributed by atoms with Gasteiger partial charge in [0, 0.05) is 12.0 Å². The van der Waals surface area contributed by atoms with E-state index in [-0.39, 0.29) is 29.3 Å². The molecule has 178 valence electrons. The summed E-state index contributed by atoms with van der Waals surface area (Å²) in [6.07, 6.45) is 9.47. The molecule has 1 atom stereocenters. The van der Waals surface area contributed by atoms with Crippen LogP contribution in [-0.4, -0.2) is 36.2 Å². The van der Waals surface area contributed by atoms with E-state index in [9.17, 15) is 14.7 Å². The Morgan fingerprint density at radius 1 is 1.12 bits per heavy atom. The van der Waals surface area contributed by atoms with Crippen LogP contribution in [0.2, 0.25) is 0 Å². The van der Waals surface area contributed by atoms with Gasteiger partial charge in [0.2, 0.25) is 0 Å². The molecule has 1 aromatic carbocycles. The molecule has 0 amide bonds. The smallest absolute Gasteiger partial charge is 0.339 e. The molecule has 1 unspecified atom stereocenters. The molecule has 2 heterocycles. The molecule has 1 saturated heterocycles. The largest absolute Gasteiger partial charge is 0.484 e. The summed E-state index contributed by atoms with van der Waals surface area (Å²) in [7, 11) is 0. The second-order valence-electron chi connectivity index (χ2n) is 10.00. The number of carboxylic acid groups (broad SMARTS) is 1. The van der Waals surface area contributed by atoms with Gasteiger partial charge in [-0.1, -0.05) is 33.6 Å². The van der Waals surface area contributed by atoms with Crippen LogP contribution in [0.25, 0.3) is 5.57 Å². The maximum Gasteiger partial charge on any atom is 0.339 e. The molecule has 0 aromatic heterocycles. The van der Waals surface area contributed by atoms with E-state index in [1.165, 1.54) is 24.0 Å². The second kappa shape index (κ2) is 9.84. The summed E-state index contributed by atoms with van der Waals surface area (Å²) < 4.78 is 12.2. The van der Waals surface area contributed by atoms with E-state index in [0.29, 0.717) is 19.6 Å². The molecular weight excluding hydrogens is 416 g/mol. The molecule has 0 bridgehead atoms. The summed E-state index contributed by atoms with van der Waals surface area (Å²) in [6, 6.07) is 4.48. The molecule has 1 aliphatic carbocycles. The zero-order valence-electron chi connectivity index (χ0n) is 20.2. The van der Waals surface area contributed by atoms with Crippen molar-refractivity contribution < 1.29 is 24.2 Å². The third-order valence-corrected chi connectivity index (χ3v) is 7.34. The summed E-state index contributed by atoms with van der Waals surface area (Å²) in [5, 5.41) is 9.81. The normalized spacial score (nSPS) is 23.7. The number of ketones is 1. The van der Waals surface area contributed by atoms with E-state index in [0.717, 1.165) is 54.6 Å². The van der Waals surface area contributed by atoms with E-state index in [4.69, 9.17) is 9.47 Å². The van der Waals surface area contributed by atoms with Crippen molar-refractivity contribution in [1.29, 1.82) is 0 Å². The molecule has 5 heteroatoms. The lowest BCUT2D eigenvalue weighted by Gasteiger charge is -2.47. The Bertz CT molecular complexity index is 996. The second-order valence-corrected chi connectivity index (χ2v) is 10.00. The predicted molar refractivity (Wildman–Crippen MR) is 129 cm³/mol. The zero-order chi connectivity index (χ0) is 23.6. The summed E-state index contributed by atoms with van der Waals surface area (Å²) in [5.41, 5.74) is 5.35. The molecule has 1 fully saturated rings. The molecule has 1 N–H and O–H groups in total. The van der Waals surface area contributed by atoms with Crippen molar-refractivity contribution in [3.63, 3.8) is 0 Å². The van der Waals surface area contributed by atoms with E-state index >= 15 is 0 Å². The highest BCUT2D eigenvalue weighted by atomic mass is 16.5. The first-order valence-electron chi connectivity index (χ1n) is 12.5. The summed E-state index contributed by atoms with van der Waals surface area (Å²) in [5.74, 6) is -0.559. The lowest BCUT2D eigenvalue weighted by atomic mass is 9.74. The predicted octanol–water partition coefficient (Wildman–Crippen LogP) is 5.69. The van der Waals surface area contributed by atoms with Gasteiger partial charge in [0.25, 0.3) is 0 Å². The zero-order valence-corrected chi connectivity index (χ0v) is 20.2. The molecule has 33 heavy (non-hydrogen) atoms. The number of hydrogen-bond donors (Lipinski definition) is 1. The Morgan fingerprint density at radius 3 is 2.52 bits per heavy atom. The van der Waals surface area contributed by atoms with Crippen LogP contribution < -0.4 is 4.74 Å². The van der Waals surface area contributed by atoms with Gasteiger partial charge < -0.3 is 14.6 Å². The van der Waals surface area contributed by atoms with Gasteiger partial charge in [-0.3, -0.25) is 4.79 Å². The number of allylic oxidation sites excluding steroid dienone is 1. The van der Waals surface area contributed by atoms with E-state index in [2.05, 4.69) is 32.9 Å². The van der Waals surface area contributed by atoms with Gasteiger partial charge in [-0.05, 0) is 79.0 Å². The molecule has 3 aliphatic rings. The first kappa shape index (κ1) is 23.7. The number of hydrogen-bond acceptors (Lipinski definition) is 4. The fourth-order valence-corrected chi connectivity index (χ4v) is 5.31. The monoisotopic (exact) mass is 452 g/mol. The van der Waals surface area contributed by atoms with Crippen molar-refractivity contribution in [2.45, 2.75) is 84.7 Å². The van der Waals surface area contributed by atoms with Crippen LogP contribution in [0, 0.1) is 5.41 Å². The number of carboxylic acids is 1. The fraction of sp³-hybridized carbons (Fsp3) is 0.571. The summed E-state index contributed by atoms with van der Waals surface area (Å²) in [6.45, 7) is 7.65. The van der Waals surface area contributed by atoms with E-state index in [1.54, 1.807) is 6.08 Å². The standard InChI is InChI=1S/C28H36O5/c1-4-6-7-10-19-14-25-21(13-18(19)5-2)20-11-8-9-12-24(29)23(27(30)31)15-22(20)26(33-25)28(3)16-32-17-28/h13-15,26H,4-12,16-17H2,1-3H3,(H,30,31)/b23-15+. The Kier molecular flexibility index (Phi) is 7.08. The number of ether oxygens (including phenoxy) is 2.